The van der Waals surface area contributed by atoms with Crippen molar-refractivity contribution in [2.24, 2.45) is 0 Å². The zero-order chi connectivity index (χ0) is 25.1. The van der Waals surface area contributed by atoms with Crippen LogP contribution in [0.2, 0.25) is 0 Å². The van der Waals surface area contributed by atoms with Gasteiger partial charge in [0, 0.05) is 12.8 Å². The molecule has 0 aliphatic carbocycles. The van der Waals surface area contributed by atoms with Gasteiger partial charge in [0.05, 0.1) is 6.61 Å². The van der Waals surface area contributed by atoms with Crippen LogP contribution < -0.4 is 0 Å². The third-order valence-corrected chi connectivity index (χ3v) is 6.04. The van der Waals surface area contributed by atoms with Crippen molar-refractivity contribution in [3.05, 3.63) is 12.2 Å². The van der Waals surface area contributed by atoms with Crippen LogP contribution in [-0.2, 0) is 19.1 Å². The maximum atomic E-state index is 12.0. The molecule has 0 aliphatic heterocycles. The first-order valence-electron chi connectivity index (χ1n) is 14.2. The Hall–Kier alpha value is -1.36. The molecule has 5 nitrogen and oxygen atoms in total. The van der Waals surface area contributed by atoms with E-state index in [1.807, 2.05) is 0 Å². The summed E-state index contributed by atoms with van der Waals surface area (Å²) in [4.78, 5) is 23.9. The molecule has 0 fully saturated rings. The van der Waals surface area contributed by atoms with Crippen LogP contribution in [0.5, 0.6) is 0 Å². The van der Waals surface area contributed by atoms with Crippen LogP contribution in [0.3, 0.4) is 0 Å². The second kappa shape index (κ2) is 26.2. The first-order valence-corrected chi connectivity index (χ1v) is 14.2. The van der Waals surface area contributed by atoms with Gasteiger partial charge < -0.3 is 14.6 Å². The van der Waals surface area contributed by atoms with E-state index in [4.69, 9.17) is 9.47 Å². The van der Waals surface area contributed by atoms with E-state index in [1.54, 1.807) is 0 Å². The first kappa shape index (κ1) is 32.6. The molecule has 0 heterocycles. The number of aliphatic hydroxyl groups is 1. The number of rotatable bonds is 25. The molecule has 0 spiro atoms. The number of hydrogen-bond donors (Lipinski definition) is 1. The lowest BCUT2D eigenvalue weighted by Crippen LogP contribution is -2.28. The number of aliphatic hydroxyl groups excluding tert-OH is 1. The molecular formula is C29H54O5. The van der Waals surface area contributed by atoms with Crippen LogP contribution in [0.1, 0.15) is 142 Å². The van der Waals surface area contributed by atoms with E-state index in [0.29, 0.717) is 12.8 Å². The van der Waals surface area contributed by atoms with Crippen LogP contribution in [0.15, 0.2) is 12.2 Å². The van der Waals surface area contributed by atoms with Crippen LogP contribution in [-0.4, -0.2) is 36.4 Å². The monoisotopic (exact) mass is 482 g/mol. The summed E-state index contributed by atoms with van der Waals surface area (Å²) in [6, 6.07) is 0. The zero-order valence-corrected chi connectivity index (χ0v) is 22.4. The lowest BCUT2D eigenvalue weighted by Gasteiger charge is -2.15. The van der Waals surface area contributed by atoms with E-state index in [0.717, 1.165) is 51.4 Å². The van der Waals surface area contributed by atoms with Crippen LogP contribution >= 0.6 is 0 Å². The van der Waals surface area contributed by atoms with Crippen molar-refractivity contribution < 1.29 is 24.2 Å². The Morgan fingerprint density at radius 2 is 1.15 bits per heavy atom. The summed E-state index contributed by atoms with van der Waals surface area (Å²) in [5, 5.41) is 9.42. The van der Waals surface area contributed by atoms with Gasteiger partial charge in [-0.1, -0.05) is 109 Å². The third kappa shape index (κ3) is 23.8. The topological polar surface area (TPSA) is 72.8 Å². The number of allylic oxidation sites excluding steroid dienone is 2. The van der Waals surface area contributed by atoms with Gasteiger partial charge in [0.25, 0.3) is 0 Å². The molecule has 0 saturated heterocycles. The fourth-order valence-corrected chi connectivity index (χ4v) is 3.85. The molecule has 0 aromatic rings. The number of unbranched alkanes of at least 4 members (excludes halogenated alkanes) is 15. The summed E-state index contributed by atoms with van der Waals surface area (Å²) in [5.74, 6) is -0.606. The summed E-state index contributed by atoms with van der Waals surface area (Å²) < 4.78 is 10.5. The van der Waals surface area contributed by atoms with Crippen molar-refractivity contribution in [3.63, 3.8) is 0 Å². The Morgan fingerprint density at radius 3 is 1.71 bits per heavy atom. The summed E-state index contributed by atoms with van der Waals surface area (Å²) in [5.41, 5.74) is 0. The van der Waals surface area contributed by atoms with Crippen molar-refractivity contribution in [1.82, 2.24) is 0 Å². The van der Waals surface area contributed by atoms with E-state index >= 15 is 0 Å². The highest BCUT2D eigenvalue weighted by molar-refractivity contribution is 5.70. The SMILES string of the molecule is CCC/C=C\CCCCCCCC(=O)OC(CO)COC(=O)CCCCCCCCCCCC. The molecule has 1 N–H and O–H groups in total. The van der Waals surface area contributed by atoms with Crippen molar-refractivity contribution in [2.45, 2.75) is 148 Å². The predicted molar refractivity (Wildman–Crippen MR) is 141 cm³/mol. The molecule has 1 atom stereocenters. The molecule has 200 valence electrons. The molecule has 5 heteroatoms. The normalized spacial score (nSPS) is 12.2. The van der Waals surface area contributed by atoms with Gasteiger partial charge in [-0.3, -0.25) is 9.59 Å². The second-order valence-electron chi connectivity index (χ2n) is 9.48. The van der Waals surface area contributed by atoms with Crippen molar-refractivity contribution in [1.29, 1.82) is 0 Å². The lowest BCUT2D eigenvalue weighted by molar-refractivity contribution is -0.161. The Kier molecular flexibility index (Phi) is 25.2. The van der Waals surface area contributed by atoms with Gasteiger partial charge in [0.1, 0.15) is 6.61 Å². The number of hydrogen-bond acceptors (Lipinski definition) is 5. The van der Waals surface area contributed by atoms with E-state index in [9.17, 15) is 14.7 Å². The maximum absolute atomic E-state index is 12.0. The van der Waals surface area contributed by atoms with Gasteiger partial charge in [-0.25, -0.2) is 0 Å². The molecule has 1 unspecified atom stereocenters. The predicted octanol–water partition coefficient (Wildman–Crippen LogP) is 7.83. The number of ether oxygens (including phenoxy) is 2. The average molecular weight is 483 g/mol. The number of carbonyl (C=O) groups is 2. The summed E-state index contributed by atoms with van der Waals surface area (Å²) in [6.07, 6.45) is 25.5. The second-order valence-corrected chi connectivity index (χ2v) is 9.48. The summed E-state index contributed by atoms with van der Waals surface area (Å²) >= 11 is 0. The first-order chi connectivity index (χ1) is 16.6. The highest BCUT2D eigenvalue weighted by atomic mass is 16.6. The van der Waals surface area contributed by atoms with Crippen LogP contribution in [0, 0.1) is 0 Å². The van der Waals surface area contributed by atoms with Gasteiger partial charge in [-0.05, 0) is 32.1 Å². The highest BCUT2D eigenvalue weighted by Crippen LogP contribution is 2.12. The minimum absolute atomic E-state index is 0.0651. The fraction of sp³-hybridized carbons (Fsp3) is 0.862. The molecule has 34 heavy (non-hydrogen) atoms. The van der Waals surface area contributed by atoms with Gasteiger partial charge in [-0.15, -0.1) is 0 Å². The van der Waals surface area contributed by atoms with Crippen LogP contribution in [0.25, 0.3) is 0 Å². The molecule has 0 radical (unpaired) electrons. The summed E-state index contributed by atoms with van der Waals surface area (Å²) in [6.45, 7) is 4.03. The Labute approximate surface area is 210 Å². The van der Waals surface area contributed by atoms with Crippen molar-refractivity contribution >= 4 is 11.9 Å². The average Bonchev–Trinajstić information content (AvgIpc) is 2.84. The van der Waals surface area contributed by atoms with Gasteiger partial charge in [0.2, 0.25) is 0 Å². The van der Waals surface area contributed by atoms with E-state index < -0.39 is 6.10 Å². The Bertz CT molecular complexity index is 489. The molecule has 0 aliphatic rings. The Balaban J connectivity index is 3.62. The lowest BCUT2D eigenvalue weighted by atomic mass is 10.1. The van der Waals surface area contributed by atoms with E-state index in [-0.39, 0.29) is 25.2 Å². The zero-order valence-electron chi connectivity index (χ0n) is 22.4. The van der Waals surface area contributed by atoms with Gasteiger partial charge >= 0.3 is 11.9 Å². The van der Waals surface area contributed by atoms with E-state index in [1.165, 1.54) is 64.2 Å². The standard InChI is InChI=1S/C29H54O5/c1-3-5-7-9-11-13-15-17-19-21-23-28(31)33-26-27(25-30)34-29(32)24-22-20-18-16-14-12-10-8-6-4-2/h8,10,27,30H,3-7,9,11-26H2,1-2H3/b10-8-. The van der Waals surface area contributed by atoms with Crippen molar-refractivity contribution in [2.75, 3.05) is 13.2 Å². The molecular weight excluding hydrogens is 428 g/mol. The fourth-order valence-electron chi connectivity index (χ4n) is 3.85. The molecule has 0 rings (SSSR count). The third-order valence-electron chi connectivity index (χ3n) is 6.04. The van der Waals surface area contributed by atoms with Gasteiger partial charge in [0.15, 0.2) is 6.10 Å². The van der Waals surface area contributed by atoms with Gasteiger partial charge in [-0.2, -0.15) is 0 Å². The molecule has 0 aromatic heterocycles. The van der Waals surface area contributed by atoms with Crippen molar-refractivity contribution in [3.8, 4) is 0 Å². The molecule has 0 amide bonds. The largest absolute Gasteiger partial charge is 0.462 e. The van der Waals surface area contributed by atoms with E-state index in [2.05, 4.69) is 26.0 Å². The highest BCUT2D eigenvalue weighted by Gasteiger charge is 2.16. The molecule has 0 bridgehead atoms. The Morgan fingerprint density at radius 1 is 0.647 bits per heavy atom. The minimum atomic E-state index is -0.765. The number of esters is 2. The molecule has 0 saturated carbocycles. The molecule has 0 aromatic carbocycles. The maximum Gasteiger partial charge on any atom is 0.306 e. The quantitative estimate of drug-likeness (QED) is 0.0815. The summed E-state index contributed by atoms with van der Waals surface area (Å²) in [7, 11) is 0. The smallest absolute Gasteiger partial charge is 0.306 e. The van der Waals surface area contributed by atoms with Crippen LogP contribution in [0.4, 0.5) is 0 Å². The minimum Gasteiger partial charge on any atom is -0.462 e. The number of carbonyl (C=O) groups excluding carboxylic acids is 2.